The third kappa shape index (κ3) is 5.11. The van der Waals surface area contributed by atoms with Crippen LogP contribution >= 0.6 is 35.4 Å². The minimum Gasteiger partial charge on any atom is -0.494 e. The lowest BCUT2D eigenvalue weighted by Crippen LogP contribution is -2.20. The fourth-order valence-electron chi connectivity index (χ4n) is 2.43. The Balaban J connectivity index is 1.67. The topological polar surface area (TPSA) is 107 Å². The maximum atomic E-state index is 10.9. The fourth-order valence-corrected chi connectivity index (χ4v) is 3.14. The van der Waals surface area contributed by atoms with Crippen molar-refractivity contribution in [1.82, 2.24) is 14.8 Å². The number of nitrogens with zero attached hydrogens (tertiary/aromatic N) is 4. The number of aromatic nitrogens is 3. The fraction of sp³-hybridized carbons (Fsp3) is 0.118. The first-order valence-electron chi connectivity index (χ1n) is 8.10. The van der Waals surface area contributed by atoms with Gasteiger partial charge in [0.15, 0.2) is 5.11 Å². The number of anilines is 2. The van der Waals surface area contributed by atoms with Crippen LogP contribution in [0.15, 0.2) is 42.7 Å². The summed E-state index contributed by atoms with van der Waals surface area (Å²) < 4.78 is 6.73. The van der Waals surface area contributed by atoms with Crippen LogP contribution in [0.5, 0.6) is 5.75 Å². The van der Waals surface area contributed by atoms with Gasteiger partial charge in [-0.2, -0.15) is 0 Å². The molecule has 2 aromatic carbocycles. The normalized spacial score (nSPS) is 10.4. The highest BCUT2D eigenvalue weighted by Crippen LogP contribution is 2.29. The Morgan fingerprint density at radius 2 is 2.00 bits per heavy atom. The Labute approximate surface area is 180 Å². The van der Waals surface area contributed by atoms with E-state index in [4.69, 9.17) is 40.2 Å². The second kappa shape index (κ2) is 9.03. The van der Waals surface area contributed by atoms with Crippen LogP contribution < -0.4 is 15.4 Å². The summed E-state index contributed by atoms with van der Waals surface area (Å²) in [6.45, 7) is 0.337. The van der Waals surface area contributed by atoms with Gasteiger partial charge in [-0.25, -0.2) is 9.67 Å². The molecule has 29 heavy (non-hydrogen) atoms. The second-order valence-electron chi connectivity index (χ2n) is 5.69. The maximum absolute atomic E-state index is 10.9. The van der Waals surface area contributed by atoms with Crippen molar-refractivity contribution in [2.75, 3.05) is 17.7 Å². The Bertz CT molecular complexity index is 1050. The highest BCUT2D eigenvalue weighted by atomic mass is 35.5. The molecule has 0 unspecified atom stereocenters. The number of nitrogens with one attached hydrogen (secondary N) is 2. The number of hydrogen-bond donors (Lipinski definition) is 2. The molecule has 150 valence electrons. The second-order valence-corrected chi connectivity index (χ2v) is 6.91. The van der Waals surface area contributed by atoms with E-state index in [0.29, 0.717) is 22.3 Å². The van der Waals surface area contributed by atoms with Crippen molar-refractivity contribution in [3.8, 4) is 5.75 Å². The number of nitro benzene ring substituents is 1. The number of halogens is 2. The summed E-state index contributed by atoms with van der Waals surface area (Å²) in [5.74, 6) is 0.529. The lowest BCUT2D eigenvalue weighted by atomic mass is 10.2. The van der Waals surface area contributed by atoms with Crippen molar-refractivity contribution >= 4 is 57.9 Å². The predicted octanol–water partition coefficient (Wildman–Crippen LogP) is 4.36. The van der Waals surface area contributed by atoms with E-state index in [9.17, 15) is 10.1 Å². The maximum Gasteiger partial charge on any atom is 0.273 e. The number of nitro groups is 1. The van der Waals surface area contributed by atoms with E-state index in [1.54, 1.807) is 22.9 Å². The molecule has 3 aromatic rings. The first-order valence-corrected chi connectivity index (χ1v) is 9.26. The number of thiocarbonyl (C=S) groups is 1. The molecule has 2 N–H and O–H groups in total. The van der Waals surface area contributed by atoms with Gasteiger partial charge in [-0.15, -0.1) is 5.10 Å². The summed E-state index contributed by atoms with van der Waals surface area (Å²) in [6, 6.07) is 9.39. The SMILES string of the molecule is COc1cc([N+](=O)[O-])ccc1NC(=S)Nc1ncn(Cc2c(Cl)cccc2Cl)n1. The number of rotatable bonds is 6. The summed E-state index contributed by atoms with van der Waals surface area (Å²) in [5, 5.41) is 22.1. The number of non-ortho nitro benzene ring substituents is 1. The van der Waals surface area contributed by atoms with Gasteiger partial charge in [-0.05, 0) is 30.4 Å². The summed E-state index contributed by atoms with van der Waals surface area (Å²) in [7, 11) is 1.41. The van der Waals surface area contributed by atoms with Crippen LogP contribution in [0.25, 0.3) is 0 Å². The third-order valence-corrected chi connectivity index (χ3v) is 4.70. The van der Waals surface area contributed by atoms with Crippen molar-refractivity contribution in [3.05, 3.63) is 68.4 Å². The van der Waals surface area contributed by atoms with E-state index in [1.807, 2.05) is 0 Å². The molecule has 0 aliphatic carbocycles. The number of hydrogen-bond acceptors (Lipinski definition) is 6. The van der Waals surface area contributed by atoms with Crippen LogP contribution in [0.4, 0.5) is 17.3 Å². The van der Waals surface area contributed by atoms with Crippen molar-refractivity contribution in [1.29, 1.82) is 0 Å². The average Bonchev–Trinajstić information content (AvgIpc) is 3.11. The van der Waals surface area contributed by atoms with Crippen LogP contribution in [0.2, 0.25) is 10.0 Å². The van der Waals surface area contributed by atoms with Crippen molar-refractivity contribution in [2.24, 2.45) is 0 Å². The summed E-state index contributed by atoms with van der Waals surface area (Å²) >= 11 is 17.6. The standard InChI is InChI=1S/C17H14Cl2N6O3S/c1-28-15-7-10(25(26)27)5-6-14(15)21-17(29)22-16-20-9-24(23-16)8-11-12(18)3-2-4-13(11)19/h2-7,9H,8H2,1H3,(H2,21,22,23,29). The van der Waals surface area contributed by atoms with Crippen molar-refractivity contribution in [3.63, 3.8) is 0 Å². The van der Waals surface area contributed by atoms with Gasteiger partial charge in [0.1, 0.15) is 12.1 Å². The minimum atomic E-state index is -0.509. The van der Waals surface area contributed by atoms with E-state index < -0.39 is 4.92 Å². The van der Waals surface area contributed by atoms with Gasteiger partial charge in [0.25, 0.3) is 5.69 Å². The zero-order chi connectivity index (χ0) is 21.0. The van der Waals surface area contributed by atoms with Crippen LogP contribution in [0.3, 0.4) is 0 Å². The smallest absolute Gasteiger partial charge is 0.273 e. The zero-order valence-corrected chi connectivity index (χ0v) is 17.3. The number of methoxy groups -OCH3 is 1. The molecule has 0 amide bonds. The molecule has 0 spiro atoms. The Morgan fingerprint density at radius 3 is 2.66 bits per heavy atom. The van der Waals surface area contributed by atoms with Crippen LogP contribution in [0, 0.1) is 10.1 Å². The number of ether oxygens (including phenoxy) is 1. The minimum absolute atomic E-state index is 0.0927. The molecule has 0 aliphatic rings. The molecule has 12 heteroatoms. The molecule has 1 heterocycles. The van der Waals surface area contributed by atoms with Gasteiger partial charge < -0.3 is 10.1 Å². The Morgan fingerprint density at radius 1 is 1.28 bits per heavy atom. The van der Waals surface area contributed by atoms with Crippen LogP contribution in [-0.2, 0) is 6.54 Å². The molecule has 9 nitrogen and oxygen atoms in total. The molecule has 1 aromatic heterocycles. The summed E-state index contributed by atoms with van der Waals surface area (Å²) in [6.07, 6.45) is 1.51. The van der Waals surface area contributed by atoms with Crippen molar-refractivity contribution < 1.29 is 9.66 Å². The number of benzene rings is 2. The van der Waals surface area contributed by atoms with Gasteiger partial charge in [0, 0.05) is 21.7 Å². The monoisotopic (exact) mass is 452 g/mol. The zero-order valence-electron chi connectivity index (χ0n) is 14.9. The first-order chi connectivity index (χ1) is 13.9. The van der Waals surface area contributed by atoms with E-state index in [-0.39, 0.29) is 22.5 Å². The molecule has 0 bridgehead atoms. The Hall–Kier alpha value is -2.95. The molecule has 0 radical (unpaired) electrons. The first kappa shape index (κ1) is 20.8. The van der Waals surface area contributed by atoms with Crippen LogP contribution in [0.1, 0.15) is 5.56 Å². The highest BCUT2D eigenvalue weighted by Gasteiger charge is 2.13. The van der Waals surface area contributed by atoms with E-state index in [0.717, 1.165) is 5.56 Å². The molecule has 3 rings (SSSR count). The van der Waals surface area contributed by atoms with Gasteiger partial charge in [-0.3, -0.25) is 15.4 Å². The molecule has 0 saturated carbocycles. The lowest BCUT2D eigenvalue weighted by molar-refractivity contribution is -0.384. The molecule has 0 aliphatic heterocycles. The lowest BCUT2D eigenvalue weighted by Gasteiger charge is -2.11. The van der Waals surface area contributed by atoms with Gasteiger partial charge in [-0.1, -0.05) is 29.3 Å². The quantitative estimate of drug-likeness (QED) is 0.322. The molecule has 0 fully saturated rings. The third-order valence-electron chi connectivity index (χ3n) is 3.79. The molecular formula is C17H14Cl2N6O3S. The average molecular weight is 453 g/mol. The van der Waals surface area contributed by atoms with Gasteiger partial charge in [0.05, 0.1) is 30.3 Å². The molecular weight excluding hydrogens is 439 g/mol. The molecule has 0 atom stereocenters. The molecule has 0 saturated heterocycles. The van der Waals surface area contributed by atoms with E-state index >= 15 is 0 Å². The largest absolute Gasteiger partial charge is 0.494 e. The van der Waals surface area contributed by atoms with Gasteiger partial charge >= 0.3 is 0 Å². The Kier molecular flexibility index (Phi) is 6.47. The van der Waals surface area contributed by atoms with E-state index in [1.165, 1.54) is 31.6 Å². The van der Waals surface area contributed by atoms with Gasteiger partial charge in [0.2, 0.25) is 5.95 Å². The van der Waals surface area contributed by atoms with Crippen LogP contribution in [-0.4, -0.2) is 31.9 Å². The highest BCUT2D eigenvalue weighted by molar-refractivity contribution is 7.80. The predicted molar refractivity (Wildman–Crippen MR) is 115 cm³/mol. The van der Waals surface area contributed by atoms with E-state index in [2.05, 4.69) is 20.7 Å². The van der Waals surface area contributed by atoms with Crippen molar-refractivity contribution in [2.45, 2.75) is 6.54 Å². The summed E-state index contributed by atoms with van der Waals surface area (Å²) in [5.41, 5.74) is 1.09. The summed E-state index contributed by atoms with van der Waals surface area (Å²) in [4.78, 5) is 14.5.